The molecule has 1 amide bonds. The van der Waals surface area contributed by atoms with Crippen molar-refractivity contribution < 1.29 is 9.18 Å². The van der Waals surface area contributed by atoms with Gasteiger partial charge in [0.05, 0.1) is 5.56 Å². The zero-order valence-electron chi connectivity index (χ0n) is 12.7. The van der Waals surface area contributed by atoms with Gasteiger partial charge in [-0.15, -0.1) is 12.4 Å². The Morgan fingerprint density at radius 3 is 2.67 bits per heavy atom. The maximum Gasteiger partial charge on any atom is 0.256 e. The summed E-state index contributed by atoms with van der Waals surface area (Å²) in [4.78, 5) is 14.1. The van der Waals surface area contributed by atoms with E-state index in [2.05, 4.69) is 12.2 Å². The highest BCUT2D eigenvalue weighted by atomic mass is 35.5. The Kier molecular flexibility index (Phi) is 7.12. The number of benzene rings is 1. The number of carbonyl (C=O) groups is 1. The predicted octanol–water partition coefficient (Wildman–Crippen LogP) is 3.02. The lowest BCUT2D eigenvalue weighted by atomic mass is 9.96. The largest absolute Gasteiger partial charge is 0.339 e. The second-order valence-electron chi connectivity index (χ2n) is 5.48. The molecule has 0 aliphatic carbocycles. The molecule has 21 heavy (non-hydrogen) atoms. The summed E-state index contributed by atoms with van der Waals surface area (Å²) in [6.07, 6.45) is 1.98. The molecule has 1 aliphatic heterocycles. The highest BCUT2D eigenvalue weighted by molar-refractivity contribution is 5.94. The van der Waals surface area contributed by atoms with Crippen molar-refractivity contribution in [1.29, 1.82) is 0 Å². The molecule has 1 saturated heterocycles. The normalized spacial score (nSPS) is 15.7. The molecule has 0 unspecified atom stereocenters. The highest BCUT2D eigenvalue weighted by Gasteiger charge is 2.25. The van der Waals surface area contributed by atoms with Crippen LogP contribution in [0.5, 0.6) is 0 Å². The van der Waals surface area contributed by atoms with E-state index < -0.39 is 0 Å². The third kappa shape index (κ3) is 4.42. The van der Waals surface area contributed by atoms with Crippen LogP contribution >= 0.6 is 12.4 Å². The number of rotatable bonds is 4. The summed E-state index contributed by atoms with van der Waals surface area (Å²) in [5.41, 5.74) is 0.730. The number of nitrogens with zero attached hydrogens (tertiary/aromatic N) is 1. The van der Waals surface area contributed by atoms with Crippen molar-refractivity contribution in [2.75, 3.05) is 26.2 Å². The first kappa shape index (κ1) is 17.9. The van der Waals surface area contributed by atoms with E-state index in [1.165, 1.54) is 0 Å². The quantitative estimate of drug-likeness (QED) is 0.926. The van der Waals surface area contributed by atoms with Gasteiger partial charge >= 0.3 is 0 Å². The summed E-state index contributed by atoms with van der Waals surface area (Å²) in [6, 6.07) is 5.01. The number of hydrogen-bond donors (Lipinski definition) is 1. The van der Waals surface area contributed by atoms with Crippen LogP contribution in [0.15, 0.2) is 18.2 Å². The molecular weight excluding hydrogens is 291 g/mol. The van der Waals surface area contributed by atoms with Crippen molar-refractivity contribution in [2.24, 2.45) is 5.92 Å². The monoisotopic (exact) mass is 314 g/mol. The van der Waals surface area contributed by atoms with Gasteiger partial charge in [-0.2, -0.15) is 0 Å². The standard InChI is InChI=1S/C16H23FN2O.ClH/c1-3-18-11-13-7-9-19(10-8-13)16(20)14-6-4-5-12(2)15(14)17;/h4-6,13,18H,3,7-11H2,1-2H3;1H. The van der Waals surface area contributed by atoms with Gasteiger partial charge in [0.15, 0.2) is 0 Å². The van der Waals surface area contributed by atoms with Crippen molar-refractivity contribution in [3.63, 3.8) is 0 Å². The van der Waals surface area contributed by atoms with E-state index in [-0.39, 0.29) is 29.7 Å². The van der Waals surface area contributed by atoms with E-state index >= 15 is 0 Å². The first-order valence-electron chi connectivity index (χ1n) is 7.38. The lowest BCUT2D eigenvalue weighted by Gasteiger charge is -2.32. The zero-order valence-corrected chi connectivity index (χ0v) is 13.5. The van der Waals surface area contributed by atoms with E-state index in [1.807, 2.05) is 0 Å². The lowest BCUT2D eigenvalue weighted by Crippen LogP contribution is -2.41. The number of piperidine rings is 1. The number of amides is 1. The summed E-state index contributed by atoms with van der Waals surface area (Å²) in [5.74, 6) is 0.0710. The van der Waals surface area contributed by atoms with Crippen molar-refractivity contribution >= 4 is 18.3 Å². The molecule has 1 heterocycles. The predicted molar refractivity (Wildman–Crippen MR) is 85.6 cm³/mol. The van der Waals surface area contributed by atoms with Gasteiger partial charge in [0.1, 0.15) is 5.82 Å². The summed E-state index contributed by atoms with van der Waals surface area (Å²) >= 11 is 0. The number of aryl methyl sites for hydroxylation is 1. The number of carbonyl (C=O) groups excluding carboxylic acids is 1. The first-order chi connectivity index (χ1) is 9.63. The smallest absolute Gasteiger partial charge is 0.256 e. The summed E-state index contributed by atoms with van der Waals surface area (Å²) in [6.45, 7) is 7.23. The maximum absolute atomic E-state index is 14.0. The van der Waals surface area contributed by atoms with Crippen LogP contribution in [0.3, 0.4) is 0 Å². The average molecular weight is 315 g/mol. The summed E-state index contributed by atoms with van der Waals surface area (Å²) in [5, 5.41) is 3.35. The zero-order chi connectivity index (χ0) is 14.5. The summed E-state index contributed by atoms with van der Waals surface area (Å²) < 4.78 is 14.0. The molecule has 118 valence electrons. The van der Waals surface area contributed by atoms with Gasteiger partial charge in [0, 0.05) is 13.1 Å². The SMILES string of the molecule is CCNCC1CCN(C(=O)c2cccc(C)c2F)CC1.Cl. The topological polar surface area (TPSA) is 32.3 Å². The van der Waals surface area contributed by atoms with Crippen LogP contribution in [0, 0.1) is 18.7 Å². The van der Waals surface area contributed by atoms with Crippen LogP contribution in [0.25, 0.3) is 0 Å². The molecule has 5 heteroatoms. The number of likely N-dealkylation sites (tertiary alicyclic amines) is 1. The summed E-state index contributed by atoms with van der Waals surface area (Å²) in [7, 11) is 0. The third-order valence-corrected chi connectivity index (χ3v) is 4.01. The fraction of sp³-hybridized carbons (Fsp3) is 0.562. The van der Waals surface area contributed by atoms with Gasteiger partial charge in [0.25, 0.3) is 5.91 Å². The molecule has 0 saturated carbocycles. The van der Waals surface area contributed by atoms with E-state index in [1.54, 1.807) is 30.0 Å². The van der Waals surface area contributed by atoms with Crippen LogP contribution in [0.2, 0.25) is 0 Å². The van der Waals surface area contributed by atoms with Gasteiger partial charge in [-0.25, -0.2) is 4.39 Å². The Bertz CT molecular complexity index is 473. The first-order valence-corrected chi connectivity index (χ1v) is 7.38. The maximum atomic E-state index is 14.0. The molecule has 3 nitrogen and oxygen atoms in total. The Morgan fingerprint density at radius 2 is 2.05 bits per heavy atom. The number of nitrogens with one attached hydrogen (secondary N) is 1. The third-order valence-electron chi connectivity index (χ3n) is 4.01. The molecule has 1 N–H and O–H groups in total. The molecule has 1 aliphatic rings. The second kappa shape index (κ2) is 8.35. The minimum absolute atomic E-state index is 0. The van der Waals surface area contributed by atoms with Crippen molar-refractivity contribution in [2.45, 2.75) is 26.7 Å². The molecule has 0 atom stereocenters. The van der Waals surface area contributed by atoms with Crippen LogP contribution in [-0.2, 0) is 0 Å². The van der Waals surface area contributed by atoms with Gasteiger partial charge in [-0.1, -0.05) is 19.1 Å². The van der Waals surface area contributed by atoms with Crippen molar-refractivity contribution in [3.8, 4) is 0 Å². The van der Waals surface area contributed by atoms with Crippen LogP contribution in [0.4, 0.5) is 4.39 Å². The minimum Gasteiger partial charge on any atom is -0.339 e. The Morgan fingerprint density at radius 1 is 1.38 bits per heavy atom. The fourth-order valence-corrected chi connectivity index (χ4v) is 2.67. The number of hydrogen-bond acceptors (Lipinski definition) is 2. The molecule has 0 radical (unpaired) electrons. The molecule has 1 aromatic carbocycles. The molecule has 0 aromatic heterocycles. The van der Waals surface area contributed by atoms with E-state index in [9.17, 15) is 9.18 Å². The average Bonchev–Trinajstić information content (AvgIpc) is 2.48. The van der Waals surface area contributed by atoms with Gasteiger partial charge in [0.2, 0.25) is 0 Å². The molecule has 0 bridgehead atoms. The second-order valence-corrected chi connectivity index (χ2v) is 5.48. The van der Waals surface area contributed by atoms with E-state index in [4.69, 9.17) is 0 Å². The Labute approximate surface area is 132 Å². The molecule has 1 aromatic rings. The van der Waals surface area contributed by atoms with Crippen LogP contribution < -0.4 is 5.32 Å². The lowest BCUT2D eigenvalue weighted by molar-refractivity contribution is 0.0685. The fourth-order valence-electron chi connectivity index (χ4n) is 2.67. The Hall–Kier alpha value is -1.13. The molecule has 1 fully saturated rings. The van der Waals surface area contributed by atoms with Gasteiger partial charge in [-0.3, -0.25) is 4.79 Å². The number of halogens is 2. The molecule has 0 spiro atoms. The Balaban J connectivity index is 0.00000220. The van der Waals surface area contributed by atoms with Crippen LogP contribution in [0.1, 0.15) is 35.7 Å². The highest BCUT2D eigenvalue weighted by Crippen LogP contribution is 2.20. The minimum atomic E-state index is -0.382. The van der Waals surface area contributed by atoms with Crippen molar-refractivity contribution in [3.05, 3.63) is 35.1 Å². The van der Waals surface area contributed by atoms with E-state index in [0.717, 1.165) is 39.0 Å². The van der Waals surface area contributed by atoms with Gasteiger partial charge in [-0.05, 0) is 50.4 Å². The van der Waals surface area contributed by atoms with Gasteiger partial charge < -0.3 is 10.2 Å². The van der Waals surface area contributed by atoms with E-state index in [0.29, 0.717) is 11.5 Å². The molecule has 2 rings (SSSR count). The molecular formula is C16H24ClFN2O. The van der Waals surface area contributed by atoms with Crippen molar-refractivity contribution in [1.82, 2.24) is 10.2 Å². The van der Waals surface area contributed by atoms with Crippen LogP contribution in [-0.4, -0.2) is 37.0 Å².